The molecule has 0 aliphatic heterocycles. The number of nitrogens with one attached hydrogen (secondary N) is 1. The van der Waals surface area contributed by atoms with Crippen molar-refractivity contribution in [2.75, 3.05) is 0 Å². The molecule has 2 aromatic rings. The molecule has 2 rings (SSSR count). The van der Waals surface area contributed by atoms with Crippen molar-refractivity contribution in [2.24, 2.45) is 0 Å². The van der Waals surface area contributed by atoms with E-state index in [1.165, 1.54) is 11.8 Å². The number of aromatic nitrogens is 5. The maximum absolute atomic E-state index is 11.4. The predicted octanol–water partition coefficient (Wildman–Crippen LogP) is 0.965. The minimum absolute atomic E-state index is 0.182. The number of H-pyrrole nitrogens is 1. The fourth-order valence-corrected chi connectivity index (χ4v) is 2.18. The van der Waals surface area contributed by atoms with Gasteiger partial charge < -0.3 is 4.52 Å². The molecule has 2 heterocycles. The lowest BCUT2D eigenvalue weighted by Gasteiger charge is -2.01. The molecule has 1 N–H and O–H groups in total. The average Bonchev–Trinajstić information content (AvgIpc) is 2.86. The number of hydrogen-bond donors (Lipinski definition) is 1. The van der Waals surface area contributed by atoms with Gasteiger partial charge in [-0.05, 0) is 6.42 Å². The SMILES string of the molecule is CCCn1c(SCc2noc(C)n2)n[nH]c1=O. The fraction of sp³-hybridized carbons (Fsp3) is 0.556. The van der Waals surface area contributed by atoms with Gasteiger partial charge in [0, 0.05) is 13.5 Å². The zero-order chi connectivity index (χ0) is 12.3. The monoisotopic (exact) mass is 255 g/mol. The maximum atomic E-state index is 11.4. The Kier molecular flexibility index (Phi) is 3.62. The fourth-order valence-electron chi connectivity index (χ4n) is 1.36. The molecule has 17 heavy (non-hydrogen) atoms. The summed E-state index contributed by atoms with van der Waals surface area (Å²) in [5.74, 6) is 1.67. The minimum atomic E-state index is -0.182. The summed E-state index contributed by atoms with van der Waals surface area (Å²) in [6.45, 7) is 4.40. The number of thioether (sulfide) groups is 1. The molecule has 0 bridgehead atoms. The van der Waals surface area contributed by atoms with Gasteiger partial charge in [0.25, 0.3) is 0 Å². The van der Waals surface area contributed by atoms with E-state index in [0.29, 0.717) is 29.2 Å². The van der Waals surface area contributed by atoms with E-state index in [-0.39, 0.29) is 5.69 Å². The van der Waals surface area contributed by atoms with Gasteiger partial charge in [0.15, 0.2) is 11.0 Å². The molecule has 0 atom stereocenters. The summed E-state index contributed by atoms with van der Waals surface area (Å²) in [5.41, 5.74) is -0.182. The normalized spacial score (nSPS) is 10.9. The first kappa shape index (κ1) is 11.9. The van der Waals surface area contributed by atoms with Gasteiger partial charge in [-0.15, -0.1) is 5.10 Å². The molecule has 0 aromatic carbocycles. The lowest BCUT2D eigenvalue weighted by Crippen LogP contribution is -2.17. The van der Waals surface area contributed by atoms with Crippen molar-refractivity contribution in [3.63, 3.8) is 0 Å². The largest absolute Gasteiger partial charge is 0.343 e. The van der Waals surface area contributed by atoms with Crippen LogP contribution in [0.2, 0.25) is 0 Å². The van der Waals surface area contributed by atoms with Gasteiger partial charge in [-0.2, -0.15) is 4.98 Å². The second-order valence-corrected chi connectivity index (χ2v) is 4.42. The van der Waals surface area contributed by atoms with Crippen LogP contribution >= 0.6 is 11.8 Å². The van der Waals surface area contributed by atoms with Gasteiger partial charge in [-0.25, -0.2) is 9.89 Å². The summed E-state index contributed by atoms with van der Waals surface area (Å²) in [6, 6.07) is 0. The molecule has 0 saturated heterocycles. The van der Waals surface area contributed by atoms with Crippen molar-refractivity contribution in [1.82, 2.24) is 24.9 Å². The van der Waals surface area contributed by atoms with Gasteiger partial charge >= 0.3 is 5.69 Å². The van der Waals surface area contributed by atoms with E-state index >= 15 is 0 Å². The Labute approximate surface area is 102 Å². The third-order valence-corrected chi connectivity index (χ3v) is 3.04. The molecule has 92 valence electrons. The van der Waals surface area contributed by atoms with Crippen molar-refractivity contribution in [1.29, 1.82) is 0 Å². The Morgan fingerprint density at radius 3 is 3.00 bits per heavy atom. The molecule has 0 unspecified atom stereocenters. The zero-order valence-corrected chi connectivity index (χ0v) is 10.5. The summed E-state index contributed by atoms with van der Waals surface area (Å²) in [4.78, 5) is 15.5. The molecular formula is C9H13N5O2S. The second-order valence-electron chi connectivity index (χ2n) is 3.48. The summed E-state index contributed by atoms with van der Waals surface area (Å²) < 4.78 is 6.47. The molecule has 0 aliphatic rings. The van der Waals surface area contributed by atoms with E-state index in [0.717, 1.165) is 6.42 Å². The lowest BCUT2D eigenvalue weighted by atomic mass is 10.5. The van der Waals surface area contributed by atoms with Crippen LogP contribution in [0, 0.1) is 6.92 Å². The Hall–Kier alpha value is -1.57. The van der Waals surface area contributed by atoms with Crippen molar-refractivity contribution in [2.45, 2.75) is 37.7 Å². The van der Waals surface area contributed by atoms with Crippen LogP contribution in [-0.2, 0) is 12.3 Å². The Bertz CT molecular complexity index is 544. The molecule has 0 saturated carbocycles. The standard InChI is InChI=1S/C9H13N5O2S/c1-3-4-14-8(15)11-12-9(14)17-5-7-10-6(2)16-13-7/h3-5H2,1-2H3,(H,11,15). The highest BCUT2D eigenvalue weighted by molar-refractivity contribution is 7.98. The van der Waals surface area contributed by atoms with Crippen LogP contribution in [0.5, 0.6) is 0 Å². The molecule has 8 heteroatoms. The molecular weight excluding hydrogens is 242 g/mol. The third kappa shape index (κ3) is 2.76. The molecule has 0 radical (unpaired) electrons. The first-order valence-corrected chi connectivity index (χ1v) is 6.26. The smallest absolute Gasteiger partial charge is 0.340 e. The number of rotatable bonds is 5. The molecule has 7 nitrogen and oxygen atoms in total. The van der Waals surface area contributed by atoms with Crippen molar-refractivity contribution in [3.8, 4) is 0 Å². The zero-order valence-electron chi connectivity index (χ0n) is 9.63. The van der Waals surface area contributed by atoms with Crippen molar-refractivity contribution >= 4 is 11.8 Å². The number of aromatic amines is 1. The van der Waals surface area contributed by atoms with Crippen LogP contribution in [0.4, 0.5) is 0 Å². The van der Waals surface area contributed by atoms with E-state index in [1.54, 1.807) is 11.5 Å². The Balaban J connectivity index is 2.06. The molecule has 0 spiro atoms. The predicted molar refractivity (Wildman–Crippen MR) is 61.7 cm³/mol. The number of aryl methyl sites for hydroxylation is 1. The van der Waals surface area contributed by atoms with Gasteiger partial charge in [-0.3, -0.25) is 4.57 Å². The third-order valence-electron chi connectivity index (χ3n) is 2.07. The summed E-state index contributed by atoms with van der Waals surface area (Å²) in [7, 11) is 0. The second kappa shape index (κ2) is 5.17. The summed E-state index contributed by atoms with van der Waals surface area (Å²) in [5, 5.41) is 10.8. The number of hydrogen-bond acceptors (Lipinski definition) is 6. The first-order valence-electron chi connectivity index (χ1n) is 5.28. The van der Waals surface area contributed by atoms with Crippen molar-refractivity contribution < 1.29 is 4.52 Å². The van der Waals surface area contributed by atoms with Crippen LogP contribution < -0.4 is 5.69 Å². The van der Waals surface area contributed by atoms with Crippen molar-refractivity contribution in [3.05, 3.63) is 22.2 Å². The van der Waals surface area contributed by atoms with Gasteiger partial charge in [0.1, 0.15) is 0 Å². The molecule has 0 fully saturated rings. The van der Waals surface area contributed by atoms with Gasteiger partial charge in [0.05, 0.1) is 5.75 Å². The van der Waals surface area contributed by atoms with E-state index in [2.05, 4.69) is 20.3 Å². The van der Waals surface area contributed by atoms with Gasteiger partial charge in [0.2, 0.25) is 5.89 Å². The van der Waals surface area contributed by atoms with Crippen LogP contribution in [0.25, 0.3) is 0 Å². The first-order chi connectivity index (χ1) is 8.20. The van der Waals surface area contributed by atoms with Crippen LogP contribution in [0.1, 0.15) is 25.1 Å². The summed E-state index contributed by atoms with van der Waals surface area (Å²) in [6.07, 6.45) is 0.883. The lowest BCUT2D eigenvalue weighted by molar-refractivity contribution is 0.389. The Morgan fingerprint density at radius 2 is 2.35 bits per heavy atom. The van der Waals surface area contributed by atoms with Crippen LogP contribution in [-0.4, -0.2) is 24.9 Å². The van der Waals surface area contributed by atoms with Crippen LogP contribution in [0.15, 0.2) is 14.5 Å². The maximum Gasteiger partial charge on any atom is 0.343 e. The average molecular weight is 255 g/mol. The molecule has 0 amide bonds. The van der Waals surface area contributed by atoms with Gasteiger partial charge in [-0.1, -0.05) is 23.8 Å². The van der Waals surface area contributed by atoms with E-state index < -0.39 is 0 Å². The minimum Gasteiger partial charge on any atom is -0.340 e. The highest BCUT2D eigenvalue weighted by Gasteiger charge is 2.10. The Morgan fingerprint density at radius 1 is 1.53 bits per heavy atom. The highest BCUT2D eigenvalue weighted by Crippen LogP contribution is 2.17. The van der Waals surface area contributed by atoms with E-state index in [1.807, 2.05) is 6.92 Å². The number of nitrogens with zero attached hydrogens (tertiary/aromatic N) is 4. The molecule has 2 aromatic heterocycles. The topological polar surface area (TPSA) is 89.6 Å². The molecule has 0 aliphatic carbocycles. The van der Waals surface area contributed by atoms with Crippen LogP contribution in [0.3, 0.4) is 0 Å². The van der Waals surface area contributed by atoms with E-state index in [4.69, 9.17) is 4.52 Å². The highest BCUT2D eigenvalue weighted by atomic mass is 32.2. The van der Waals surface area contributed by atoms with E-state index in [9.17, 15) is 4.79 Å². The quantitative estimate of drug-likeness (QED) is 0.800. The summed E-state index contributed by atoms with van der Waals surface area (Å²) >= 11 is 1.41.